The van der Waals surface area contributed by atoms with Gasteiger partial charge in [-0.1, -0.05) is 54.6 Å². The SMILES string of the molecule is CN(C)c1ccc2c(c1)Oc1c(ccc3cc(OCc4ccccc4)ccc13)C21OC(=O)c2ccccc21. The molecule has 1 unspecified atom stereocenters. The first-order valence-corrected chi connectivity index (χ1v) is 12.6. The summed E-state index contributed by atoms with van der Waals surface area (Å²) in [5, 5.41) is 1.91. The van der Waals surface area contributed by atoms with Crippen LogP contribution in [-0.2, 0) is 16.9 Å². The number of hydrogen-bond donors (Lipinski definition) is 0. The molecule has 5 aromatic carbocycles. The molecular weight excluding hydrogens is 474 g/mol. The molecule has 2 heterocycles. The van der Waals surface area contributed by atoms with Crippen molar-refractivity contribution in [3.63, 3.8) is 0 Å². The summed E-state index contributed by atoms with van der Waals surface area (Å²) in [5.74, 6) is 1.80. The minimum absolute atomic E-state index is 0.333. The van der Waals surface area contributed by atoms with Crippen molar-refractivity contribution >= 4 is 22.4 Å². The monoisotopic (exact) mass is 499 g/mol. The second-order valence-electron chi connectivity index (χ2n) is 9.89. The summed E-state index contributed by atoms with van der Waals surface area (Å²) in [6.07, 6.45) is 0. The normalized spacial score (nSPS) is 16.8. The summed E-state index contributed by atoms with van der Waals surface area (Å²) in [6, 6.07) is 33.8. The first-order chi connectivity index (χ1) is 18.5. The van der Waals surface area contributed by atoms with Gasteiger partial charge in [0, 0.05) is 47.9 Å². The van der Waals surface area contributed by atoms with Gasteiger partial charge in [0.2, 0.25) is 0 Å². The van der Waals surface area contributed by atoms with Crippen LogP contribution in [0, 0.1) is 0 Å². The van der Waals surface area contributed by atoms with E-state index >= 15 is 0 Å². The van der Waals surface area contributed by atoms with Crippen LogP contribution in [0.15, 0.2) is 103 Å². The standard InChI is InChI=1S/C33H25NO4/c1-34(2)23-13-17-28-30(19-23)37-31-25-15-14-24(36-20-21-8-4-3-5-9-21)18-22(25)12-16-29(31)33(28)27-11-7-6-10-26(27)32(35)38-33/h3-19H,20H2,1-2H3. The van der Waals surface area contributed by atoms with Crippen molar-refractivity contribution in [1.29, 1.82) is 0 Å². The van der Waals surface area contributed by atoms with E-state index in [-0.39, 0.29) is 5.97 Å². The summed E-state index contributed by atoms with van der Waals surface area (Å²) in [6.45, 7) is 0.490. The molecular formula is C33H25NO4. The molecule has 7 rings (SSSR count). The maximum absolute atomic E-state index is 13.1. The van der Waals surface area contributed by atoms with Gasteiger partial charge in [-0.25, -0.2) is 4.79 Å². The smallest absolute Gasteiger partial charge is 0.340 e. The van der Waals surface area contributed by atoms with Gasteiger partial charge in [-0.3, -0.25) is 0 Å². The fourth-order valence-corrected chi connectivity index (χ4v) is 5.53. The summed E-state index contributed by atoms with van der Waals surface area (Å²) in [5.41, 5.74) is 4.05. The van der Waals surface area contributed by atoms with E-state index in [0.717, 1.165) is 44.5 Å². The molecule has 2 aliphatic heterocycles. The maximum atomic E-state index is 13.1. The minimum atomic E-state index is -1.09. The molecule has 1 spiro atoms. The molecule has 186 valence electrons. The van der Waals surface area contributed by atoms with Crippen LogP contribution in [0.3, 0.4) is 0 Å². The number of benzene rings is 5. The van der Waals surface area contributed by atoms with E-state index in [4.69, 9.17) is 14.2 Å². The number of carbonyl (C=O) groups excluding carboxylic acids is 1. The van der Waals surface area contributed by atoms with Gasteiger partial charge in [-0.15, -0.1) is 0 Å². The minimum Gasteiger partial charge on any atom is -0.489 e. The summed E-state index contributed by atoms with van der Waals surface area (Å²) in [4.78, 5) is 15.2. The van der Waals surface area contributed by atoms with Crippen molar-refractivity contribution < 1.29 is 19.0 Å². The molecule has 0 bridgehead atoms. The number of hydrogen-bond acceptors (Lipinski definition) is 5. The van der Waals surface area contributed by atoms with Crippen molar-refractivity contribution in [3.05, 3.63) is 131 Å². The van der Waals surface area contributed by atoms with Crippen molar-refractivity contribution in [3.8, 4) is 17.2 Å². The Bertz CT molecular complexity index is 1730. The maximum Gasteiger partial charge on any atom is 0.340 e. The third-order valence-electron chi connectivity index (χ3n) is 7.41. The Kier molecular flexibility index (Phi) is 4.95. The lowest BCUT2D eigenvalue weighted by Crippen LogP contribution is -2.33. The van der Waals surface area contributed by atoms with Crippen LogP contribution in [0.4, 0.5) is 5.69 Å². The van der Waals surface area contributed by atoms with E-state index in [1.807, 2.05) is 122 Å². The summed E-state index contributed by atoms with van der Waals surface area (Å²) < 4.78 is 19.0. The van der Waals surface area contributed by atoms with Gasteiger partial charge in [-0.05, 0) is 53.4 Å². The molecule has 38 heavy (non-hydrogen) atoms. The predicted octanol–water partition coefficient (Wildman–Crippen LogP) is 7.05. The van der Waals surface area contributed by atoms with Crippen LogP contribution in [-0.4, -0.2) is 20.1 Å². The molecule has 0 aliphatic carbocycles. The molecule has 5 nitrogen and oxygen atoms in total. The van der Waals surface area contributed by atoms with Crippen LogP contribution in [0.5, 0.6) is 17.2 Å². The van der Waals surface area contributed by atoms with Gasteiger partial charge in [0.25, 0.3) is 0 Å². The molecule has 0 aromatic heterocycles. The van der Waals surface area contributed by atoms with Crippen LogP contribution in [0.2, 0.25) is 0 Å². The molecule has 2 aliphatic rings. The van der Waals surface area contributed by atoms with Crippen LogP contribution in [0.25, 0.3) is 10.8 Å². The zero-order valence-corrected chi connectivity index (χ0v) is 21.1. The molecule has 5 heteroatoms. The van der Waals surface area contributed by atoms with Crippen LogP contribution in [0.1, 0.15) is 32.6 Å². The lowest BCUT2D eigenvalue weighted by atomic mass is 9.77. The molecule has 0 fully saturated rings. The third-order valence-corrected chi connectivity index (χ3v) is 7.41. The molecule has 0 amide bonds. The highest BCUT2D eigenvalue weighted by Crippen LogP contribution is 2.58. The topological polar surface area (TPSA) is 48.0 Å². The first-order valence-electron chi connectivity index (χ1n) is 12.6. The second kappa shape index (κ2) is 8.38. The van der Waals surface area contributed by atoms with Crippen LogP contribution >= 0.6 is 0 Å². The average Bonchev–Trinajstić information content (AvgIpc) is 3.24. The fourth-order valence-electron chi connectivity index (χ4n) is 5.53. The number of esters is 1. The number of ether oxygens (including phenoxy) is 3. The van der Waals surface area contributed by atoms with Gasteiger partial charge in [0.15, 0.2) is 5.60 Å². The van der Waals surface area contributed by atoms with Gasteiger partial charge in [0.05, 0.1) is 5.56 Å². The molecule has 0 saturated heterocycles. The number of rotatable bonds is 4. The highest BCUT2D eigenvalue weighted by atomic mass is 16.6. The largest absolute Gasteiger partial charge is 0.489 e. The predicted molar refractivity (Wildman–Crippen MR) is 147 cm³/mol. The van der Waals surface area contributed by atoms with E-state index in [1.165, 1.54) is 0 Å². The van der Waals surface area contributed by atoms with Crippen molar-refractivity contribution in [2.24, 2.45) is 0 Å². The van der Waals surface area contributed by atoms with E-state index in [0.29, 0.717) is 23.7 Å². The van der Waals surface area contributed by atoms with E-state index in [1.54, 1.807) is 0 Å². The molecule has 0 radical (unpaired) electrons. The Morgan fingerprint density at radius 2 is 1.58 bits per heavy atom. The number of nitrogens with zero attached hydrogens (tertiary/aromatic N) is 1. The van der Waals surface area contributed by atoms with Crippen LogP contribution < -0.4 is 14.4 Å². The zero-order chi connectivity index (χ0) is 25.9. The Labute approximate surface area is 220 Å². The van der Waals surface area contributed by atoms with E-state index in [9.17, 15) is 4.79 Å². The first kappa shape index (κ1) is 22.4. The lowest BCUT2D eigenvalue weighted by molar-refractivity contribution is 0.0225. The second-order valence-corrected chi connectivity index (χ2v) is 9.89. The van der Waals surface area contributed by atoms with Gasteiger partial charge in [0.1, 0.15) is 23.9 Å². The van der Waals surface area contributed by atoms with E-state index < -0.39 is 5.60 Å². The van der Waals surface area contributed by atoms with Gasteiger partial charge < -0.3 is 19.1 Å². The molecule has 1 atom stereocenters. The molecule has 0 saturated carbocycles. The third kappa shape index (κ3) is 3.28. The number of carbonyl (C=O) groups is 1. The van der Waals surface area contributed by atoms with Crippen molar-refractivity contribution in [2.45, 2.75) is 12.2 Å². The highest BCUT2D eigenvalue weighted by Gasteiger charge is 2.53. The Balaban J connectivity index is 1.39. The Morgan fingerprint density at radius 3 is 2.42 bits per heavy atom. The lowest BCUT2D eigenvalue weighted by Gasteiger charge is -2.37. The summed E-state index contributed by atoms with van der Waals surface area (Å²) in [7, 11) is 3.98. The van der Waals surface area contributed by atoms with Crippen molar-refractivity contribution in [1.82, 2.24) is 0 Å². The summed E-state index contributed by atoms with van der Waals surface area (Å²) >= 11 is 0. The number of anilines is 1. The zero-order valence-electron chi connectivity index (χ0n) is 21.1. The molecule has 5 aromatic rings. The fraction of sp³-hybridized carbons (Fsp3) is 0.121. The van der Waals surface area contributed by atoms with Gasteiger partial charge >= 0.3 is 5.97 Å². The highest BCUT2D eigenvalue weighted by molar-refractivity contribution is 5.99. The quantitative estimate of drug-likeness (QED) is 0.248. The number of fused-ring (bicyclic) bond motifs is 8. The molecule has 0 N–H and O–H groups in total. The van der Waals surface area contributed by atoms with Crippen molar-refractivity contribution in [2.75, 3.05) is 19.0 Å². The van der Waals surface area contributed by atoms with Gasteiger partial charge in [-0.2, -0.15) is 0 Å². The van der Waals surface area contributed by atoms with E-state index in [2.05, 4.69) is 0 Å². The average molecular weight is 500 g/mol. The Hall–Kier alpha value is -4.77. The Morgan fingerprint density at radius 1 is 0.789 bits per heavy atom.